The summed E-state index contributed by atoms with van der Waals surface area (Å²) >= 11 is 0. The molecule has 0 saturated heterocycles. The highest BCUT2D eigenvalue weighted by atomic mass is 16.4. The summed E-state index contributed by atoms with van der Waals surface area (Å²) < 4.78 is 7.00. The van der Waals surface area contributed by atoms with Crippen LogP contribution in [0, 0.1) is 0 Å². The van der Waals surface area contributed by atoms with Gasteiger partial charge in [-0.3, -0.25) is 4.57 Å². The van der Waals surface area contributed by atoms with Crippen molar-refractivity contribution in [3.63, 3.8) is 0 Å². The first-order chi connectivity index (χ1) is 9.71. The first-order valence-electron chi connectivity index (χ1n) is 7.57. The number of aromatic nitrogens is 1. The summed E-state index contributed by atoms with van der Waals surface area (Å²) in [6.45, 7) is 7.94. The quantitative estimate of drug-likeness (QED) is 0.842. The maximum absolute atomic E-state index is 11.7. The Kier molecular flexibility index (Phi) is 5.01. The second kappa shape index (κ2) is 6.75. The van der Waals surface area contributed by atoms with E-state index in [0.717, 1.165) is 31.3 Å². The van der Waals surface area contributed by atoms with Gasteiger partial charge in [-0.05, 0) is 44.0 Å². The van der Waals surface area contributed by atoms with Gasteiger partial charge in [-0.25, -0.2) is 4.79 Å². The van der Waals surface area contributed by atoms with Crippen LogP contribution in [-0.2, 0) is 6.54 Å². The summed E-state index contributed by atoms with van der Waals surface area (Å²) in [5, 5.41) is 3.56. The highest BCUT2D eigenvalue weighted by Crippen LogP contribution is 2.23. The van der Waals surface area contributed by atoms with E-state index in [4.69, 9.17) is 4.42 Å². The minimum atomic E-state index is -0.270. The SMILES string of the molecule is CCCNC(CCC)c1ccc2c(c1)oc(=O)n2CC. The molecule has 0 spiro atoms. The zero-order valence-electron chi connectivity index (χ0n) is 12.6. The molecule has 1 unspecified atom stereocenters. The van der Waals surface area contributed by atoms with Crippen LogP contribution in [0.2, 0.25) is 0 Å². The van der Waals surface area contributed by atoms with Gasteiger partial charge >= 0.3 is 5.76 Å². The fourth-order valence-corrected chi connectivity index (χ4v) is 2.59. The first kappa shape index (κ1) is 14.9. The Bertz CT molecular complexity index is 612. The minimum Gasteiger partial charge on any atom is -0.408 e. The van der Waals surface area contributed by atoms with Gasteiger partial charge in [-0.1, -0.05) is 26.3 Å². The average molecular weight is 276 g/mol. The molecular weight excluding hydrogens is 252 g/mol. The lowest BCUT2D eigenvalue weighted by atomic mass is 10.0. The lowest BCUT2D eigenvalue weighted by Crippen LogP contribution is -2.21. The van der Waals surface area contributed by atoms with Crippen LogP contribution >= 0.6 is 0 Å². The van der Waals surface area contributed by atoms with Crippen LogP contribution in [0.5, 0.6) is 0 Å². The first-order valence-corrected chi connectivity index (χ1v) is 7.57. The molecule has 1 atom stereocenters. The summed E-state index contributed by atoms with van der Waals surface area (Å²) in [6, 6.07) is 6.44. The van der Waals surface area contributed by atoms with E-state index >= 15 is 0 Å². The Morgan fingerprint density at radius 3 is 2.70 bits per heavy atom. The van der Waals surface area contributed by atoms with Gasteiger partial charge in [0.15, 0.2) is 5.58 Å². The Labute approximate surface area is 119 Å². The van der Waals surface area contributed by atoms with Gasteiger partial charge in [0, 0.05) is 12.6 Å². The summed E-state index contributed by atoms with van der Waals surface area (Å²) in [7, 11) is 0. The maximum atomic E-state index is 11.7. The molecule has 0 fully saturated rings. The molecule has 4 heteroatoms. The lowest BCUT2D eigenvalue weighted by Gasteiger charge is -2.18. The van der Waals surface area contributed by atoms with Crippen molar-refractivity contribution in [3.05, 3.63) is 34.3 Å². The van der Waals surface area contributed by atoms with Crippen molar-refractivity contribution in [1.29, 1.82) is 0 Å². The van der Waals surface area contributed by atoms with Gasteiger partial charge in [0.1, 0.15) is 0 Å². The van der Waals surface area contributed by atoms with E-state index in [1.54, 1.807) is 4.57 Å². The van der Waals surface area contributed by atoms with Gasteiger partial charge in [-0.2, -0.15) is 0 Å². The summed E-state index contributed by atoms with van der Waals surface area (Å²) in [6.07, 6.45) is 3.33. The molecule has 0 aliphatic carbocycles. The van der Waals surface area contributed by atoms with Crippen LogP contribution in [0.3, 0.4) is 0 Å². The van der Waals surface area contributed by atoms with Gasteiger partial charge in [0.25, 0.3) is 0 Å². The van der Waals surface area contributed by atoms with E-state index in [0.29, 0.717) is 18.2 Å². The molecule has 0 radical (unpaired) electrons. The fraction of sp³-hybridized carbons (Fsp3) is 0.562. The van der Waals surface area contributed by atoms with Crippen LogP contribution in [0.25, 0.3) is 11.1 Å². The molecule has 0 aliphatic heterocycles. The lowest BCUT2D eigenvalue weighted by molar-refractivity contribution is 0.491. The predicted octanol–water partition coefficient (Wildman–Crippen LogP) is 3.46. The fourth-order valence-electron chi connectivity index (χ4n) is 2.59. The molecule has 1 aromatic carbocycles. The van der Waals surface area contributed by atoms with Crippen molar-refractivity contribution in [3.8, 4) is 0 Å². The highest BCUT2D eigenvalue weighted by Gasteiger charge is 2.13. The third-order valence-corrected chi connectivity index (χ3v) is 3.63. The Morgan fingerprint density at radius 2 is 2.05 bits per heavy atom. The van der Waals surface area contributed by atoms with E-state index in [9.17, 15) is 4.79 Å². The number of benzene rings is 1. The van der Waals surface area contributed by atoms with Crippen LogP contribution in [-0.4, -0.2) is 11.1 Å². The Morgan fingerprint density at radius 1 is 1.25 bits per heavy atom. The van der Waals surface area contributed by atoms with E-state index < -0.39 is 0 Å². The van der Waals surface area contributed by atoms with E-state index in [-0.39, 0.29) is 5.76 Å². The van der Waals surface area contributed by atoms with Crippen molar-refractivity contribution in [2.24, 2.45) is 0 Å². The van der Waals surface area contributed by atoms with E-state index in [1.807, 2.05) is 19.1 Å². The third-order valence-electron chi connectivity index (χ3n) is 3.63. The number of fused-ring (bicyclic) bond motifs is 1. The van der Waals surface area contributed by atoms with Crippen molar-refractivity contribution >= 4 is 11.1 Å². The smallest absolute Gasteiger partial charge is 0.408 e. The van der Waals surface area contributed by atoms with Crippen LogP contribution in [0.15, 0.2) is 27.4 Å². The molecular formula is C16H24N2O2. The molecule has 2 rings (SSSR count). The van der Waals surface area contributed by atoms with Crippen LogP contribution in [0.4, 0.5) is 0 Å². The van der Waals surface area contributed by atoms with Crippen molar-refractivity contribution in [2.45, 2.75) is 52.6 Å². The largest absolute Gasteiger partial charge is 0.419 e. The molecule has 1 N–H and O–H groups in total. The topological polar surface area (TPSA) is 47.2 Å². The van der Waals surface area contributed by atoms with Crippen LogP contribution < -0.4 is 11.1 Å². The average Bonchev–Trinajstić information content (AvgIpc) is 2.77. The molecule has 1 heterocycles. The molecule has 0 bridgehead atoms. The van der Waals surface area contributed by atoms with Crippen LogP contribution in [0.1, 0.15) is 51.6 Å². The van der Waals surface area contributed by atoms with E-state index in [1.165, 1.54) is 5.56 Å². The normalized spacial score (nSPS) is 12.9. The molecule has 0 amide bonds. The maximum Gasteiger partial charge on any atom is 0.419 e. The molecule has 0 aliphatic rings. The molecule has 4 nitrogen and oxygen atoms in total. The highest BCUT2D eigenvalue weighted by molar-refractivity contribution is 5.73. The number of hydrogen-bond donors (Lipinski definition) is 1. The molecule has 1 aromatic heterocycles. The zero-order valence-corrected chi connectivity index (χ0v) is 12.6. The second-order valence-electron chi connectivity index (χ2n) is 5.13. The molecule has 110 valence electrons. The zero-order chi connectivity index (χ0) is 14.5. The number of nitrogens with zero attached hydrogens (tertiary/aromatic N) is 1. The number of nitrogens with one attached hydrogen (secondary N) is 1. The second-order valence-corrected chi connectivity index (χ2v) is 5.13. The number of hydrogen-bond acceptors (Lipinski definition) is 3. The summed E-state index contributed by atoms with van der Waals surface area (Å²) in [4.78, 5) is 11.7. The Hall–Kier alpha value is -1.55. The number of rotatable bonds is 7. The standard InChI is InChI=1S/C16H24N2O2/c1-4-7-13(17-10-5-2)12-8-9-14-15(11-12)20-16(19)18(14)6-3/h8-9,11,13,17H,4-7,10H2,1-3H3. The summed E-state index contributed by atoms with van der Waals surface area (Å²) in [5.41, 5.74) is 2.77. The van der Waals surface area contributed by atoms with Gasteiger partial charge in [0.05, 0.1) is 5.52 Å². The van der Waals surface area contributed by atoms with Gasteiger partial charge in [0.2, 0.25) is 0 Å². The van der Waals surface area contributed by atoms with E-state index in [2.05, 4.69) is 25.2 Å². The third kappa shape index (κ3) is 2.96. The number of aryl methyl sites for hydroxylation is 1. The molecule has 2 aromatic rings. The van der Waals surface area contributed by atoms with Crippen molar-refractivity contribution < 1.29 is 4.42 Å². The Balaban J connectivity index is 2.36. The van der Waals surface area contributed by atoms with Crippen molar-refractivity contribution in [2.75, 3.05) is 6.54 Å². The monoisotopic (exact) mass is 276 g/mol. The van der Waals surface area contributed by atoms with Gasteiger partial charge < -0.3 is 9.73 Å². The van der Waals surface area contributed by atoms with Crippen molar-refractivity contribution in [1.82, 2.24) is 9.88 Å². The molecule has 20 heavy (non-hydrogen) atoms. The number of oxazole rings is 1. The minimum absolute atomic E-state index is 0.270. The van der Waals surface area contributed by atoms with Gasteiger partial charge in [-0.15, -0.1) is 0 Å². The molecule has 0 saturated carbocycles. The summed E-state index contributed by atoms with van der Waals surface area (Å²) in [5.74, 6) is -0.270. The predicted molar refractivity (Wildman–Crippen MR) is 82.1 cm³/mol.